The van der Waals surface area contributed by atoms with E-state index in [1.807, 2.05) is 0 Å². The van der Waals surface area contributed by atoms with E-state index >= 15 is 0 Å². The van der Waals surface area contributed by atoms with Crippen LogP contribution in [-0.2, 0) is 0 Å². The lowest BCUT2D eigenvalue weighted by Gasteiger charge is -2.30. The Morgan fingerprint density at radius 1 is 1.10 bits per heavy atom. The summed E-state index contributed by atoms with van der Waals surface area (Å²) in [6.07, 6.45) is -0.323. The highest BCUT2D eigenvalue weighted by atomic mass is 35.5. The highest BCUT2D eigenvalue weighted by Crippen LogP contribution is 2.41. The van der Waals surface area contributed by atoms with Crippen molar-refractivity contribution in [1.29, 1.82) is 0 Å². The standard InChI is InChI=1S/C15H11ClF3NO/c16-8-1-2-13-9(5-8)12(20)6-14(21-13)7-3-10(17)15(19)11(18)4-7/h1-5,12,14H,6,20H2/t12-,14?/m0/s1. The third kappa shape index (κ3) is 2.59. The average molecular weight is 314 g/mol. The van der Waals surface area contributed by atoms with Crippen molar-refractivity contribution in [2.45, 2.75) is 18.6 Å². The summed E-state index contributed by atoms with van der Waals surface area (Å²) < 4.78 is 45.4. The molecule has 0 saturated carbocycles. The summed E-state index contributed by atoms with van der Waals surface area (Å²) in [4.78, 5) is 0. The van der Waals surface area contributed by atoms with Gasteiger partial charge in [-0.05, 0) is 35.9 Å². The van der Waals surface area contributed by atoms with Gasteiger partial charge in [0.15, 0.2) is 17.5 Å². The van der Waals surface area contributed by atoms with Crippen molar-refractivity contribution in [3.63, 3.8) is 0 Å². The van der Waals surface area contributed by atoms with Gasteiger partial charge in [0, 0.05) is 23.0 Å². The van der Waals surface area contributed by atoms with Gasteiger partial charge < -0.3 is 10.5 Å². The van der Waals surface area contributed by atoms with Gasteiger partial charge in [0.1, 0.15) is 11.9 Å². The van der Waals surface area contributed by atoms with Gasteiger partial charge in [-0.25, -0.2) is 13.2 Å². The molecule has 21 heavy (non-hydrogen) atoms. The first-order chi connectivity index (χ1) is 9.95. The van der Waals surface area contributed by atoms with Crippen molar-refractivity contribution in [2.24, 2.45) is 5.73 Å². The van der Waals surface area contributed by atoms with E-state index in [9.17, 15) is 13.2 Å². The fraction of sp³-hybridized carbons (Fsp3) is 0.200. The maximum absolute atomic E-state index is 13.3. The first-order valence-corrected chi connectivity index (χ1v) is 6.69. The minimum absolute atomic E-state index is 0.211. The summed E-state index contributed by atoms with van der Waals surface area (Å²) in [6.45, 7) is 0. The second-order valence-electron chi connectivity index (χ2n) is 4.93. The Labute approximate surface area is 124 Å². The third-order valence-electron chi connectivity index (χ3n) is 3.49. The van der Waals surface area contributed by atoms with Gasteiger partial charge in [0.25, 0.3) is 0 Å². The van der Waals surface area contributed by atoms with Crippen LogP contribution >= 0.6 is 11.6 Å². The molecule has 0 bridgehead atoms. The topological polar surface area (TPSA) is 35.2 Å². The number of benzene rings is 2. The van der Waals surface area contributed by atoms with Gasteiger partial charge >= 0.3 is 0 Å². The van der Waals surface area contributed by atoms with Crippen molar-refractivity contribution in [1.82, 2.24) is 0 Å². The van der Waals surface area contributed by atoms with Crippen LogP contribution < -0.4 is 10.5 Å². The van der Waals surface area contributed by atoms with Crippen LogP contribution in [0, 0.1) is 17.5 Å². The lowest BCUT2D eigenvalue weighted by molar-refractivity contribution is 0.160. The molecule has 0 saturated heterocycles. The molecule has 0 aromatic heterocycles. The number of rotatable bonds is 1. The molecule has 1 aliphatic heterocycles. The number of halogens is 4. The SMILES string of the molecule is N[C@H]1CC(c2cc(F)c(F)c(F)c2)Oc2ccc(Cl)cc21. The normalized spacial score (nSPS) is 20.8. The summed E-state index contributed by atoms with van der Waals surface area (Å²) in [7, 11) is 0. The van der Waals surface area contributed by atoms with Crippen LogP contribution in [0.3, 0.4) is 0 Å². The predicted octanol–water partition coefficient (Wildman–Crippen LogP) is 4.28. The fourth-order valence-corrected chi connectivity index (χ4v) is 2.62. The number of nitrogens with two attached hydrogens (primary N) is 1. The molecule has 1 aliphatic rings. The van der Waals surface area contributed by atoms with Crippen molar-refractivity contribution >= 4 is 11.6 Å². The molecule has 1 unspecified atom stereocenters. The van der Waals surface area contributed by atoms with Gasteiger partial charge in [0.05, 0.1) is 0 Å². The number of hydrogen-bond acceptors (Lipinski definition) is 2. The zero-order valence-corrected chi connectivity index (χ0v) is 11.5. The molecule has 2 N–H and O–H groups in total. The number of hydrogen-bond donors (Lipinski definition) is 1. The van der Waals surface area contributed by atoms with E-state index in [4.69, 9.17) is 22.1 Å². The molecule has 110 valence electrons. The molecule has 0 fully saturated rings. The Balaban J connectivity index is 1.98. The number of ether oxygens (including phenoxy) is 1. The Bertz CT molecular complexity index is 684. The Morgan fingerprint density at radius 3 is 2.43 bits per heavy atom. The molecular weight excluding hydrogens is 303 g/mol. The molecule has 2 atom stereocenters. The van der Waals surface area contributed by atoms with Gasteiger partial charge in [-0.2, -0.15) is 0 Å². The molecule has 3 rings (SSSR count). The zero-order chi connectivity index (χ0) is 15.1. The maximum atomic E-state index is 13.3. The first kappa shape index (κ1) is 14.2. The van der Waals surface area contributed by atoms with Gasteiger partial charge in [0.2, 0.25) is 0 Å². The van der Waals surface area contributed by atoms with E-state index in [1.165, 1.54) is 0 Å². The highest BCUT2D eigenvalue weighted by molar-refractivity contribution is 6.30. The van der Waals surface area contributed by atoms with Crippen molar-refractivity contribution < 1.29 is 17.9 Å². The van der Waals surface area contributed by atoms with Gasteiger partial charge in [-0.3, -0.25) is 0 Å². The molecular formula is C15H11ClF3NO. The summed E-state index contributed by atoms with van der Waals surface area (Å²) in [5.74, 6) is -3.48. The van der Waals surface area contributed by atoms with Crippen LogP contribution in [0.2, 0.25) is 5.02 Å². The second kappa shape index (κ2) is 5.24. The van der Waals surface area contributed by atoms with Crippen molar-refractivity contribution in [2.75, 3.05) is 0 Å². The van der Waals surface area contributed by atoms with Crippen molar-refractivity contribution in [3.05, 3.63) is 63.9 Å². The Hall–Kier alpha value is -1.72. The highest BCUT2D eigenvalue weighted by Gasteiger charge is 2.28. The molecule has 2 nitrogen and oxygen atoms in total. The monoisotopic (exact) mass is 313 g/mol. The largest absolute Gasteiger partial charge is 0.485 e. The first-order valence-electron chi connectivity index (χ1n) is 6.32. The predicted molar refractivity (Wildman–Crippen MR) is 72.7 cm³/mol. The fourth-order valence-electron chi connectivity index (χ4n) is 2.44. The van der Waals surface area contributed by atoms with Crippen LogP contribution in [-0.4, -0.2) is 0 Å². The Morgan fingerprint density at radius 2 is 1.76 bits per heavy atom. The molecule has 1 heterocycles. The quantitative estimate of drug-likeness (QED) is 0.798. The van der Waals surface area contributed by atoms with E-state index in [-0.39, 0.29) is 11.6 Å². The van der Waals surface area contributed by atoms with Gasteiger partial charge in [-0.1, -0.05) is 11.6 Å². The average Bonchev–Trinajstić information content (AvgIpc) is 2.44. The molecule has 0 radical (unpaired) electrons. The summed E-state index contributed by atoms with van der Waals surface area (Å²) in [6, 6.07) is 6.46. The maximum Gasteiger partial charge on any atom is 0.194 e. The van der Waals surface area contributed by atoms with Crippen molar-refractivity contribution in [3.8, 4) is 5.75 Å². The van der Waals surface area contributed by atoms with Crippen LogP contribution in [0.5, 0.6) is 5.75 Å². The van der Waals surface area contributed by atoms with E-state index < -0.39 is 23.6 Å². The summed E-state index contributed by atoms with van der Waals surface area (Å²) >= 11 is 5.90. The van der Waals surface area contributed by atoms with E-state index in [0.717, 1.165) is 17.7 Å². The second-order valence-corrected chi connectivity index (χ2v) is 5.37. The zero-order valence-electron chi connectivity index (χ0n) is 10.7. The molecule has 0 aliphatic carbocycles. The van der Waals surface area contributed by atoms with Crippen LogP contribution in [0.1, 0.15) is 29.7 Å². The molecule has 0 spiro atoms. The smallest absolute Gasteiger partial charge is 0.194 e. The molecule has 2 aromatic rings. The minimum Gasteiger partial charge on any atom is -0.485 e. The minimum atomic E-state index is -1.49. The Kier molecular flexibility index (Phi) is 3.55. The van der Waals surface area contributed by atoms with E-state index in [2.05, 4.69) is 0 Å². The molecule has 6 heteroatoms. The van der Waals surface area contributed by atoms with Gasteiger partial charge in [-0.15, -0.1) is 0 Å². The summed E-state index contributed by atoms with van der Waals surface area (Å²) in [5.41, 5.74) is 7.00. The summed E-state index contributed by atoms with van der Waals surface area (Å²) in [5, 5.41) is 0.533. The van der Waals surface area contributed by atoms with E-state index in [0.29, 0.717) is 17.2 Å². The third-order valence-corrected chi connectivity index (χ3v) is 3.72. The van der Waals surface area contributed by atoms with E-state index in [1.54, 1.807) is 18.2 Å². The molecule has 0 amide bonds. The van der Waals surface area contributed by atoms with Crippen LogP contribution in [0.4, 0.5) is 13.2 Å². The lowest BCUT2D eigenvalue weighted by Crippen LogP contribution is -2.24. The van der Waals surface area contributed by atoms with Crippen LogP contribution in [0.15, 0.2) is 30.3 Å². The lowest BCUT2D eigenvalue weighted by atomic mass is 9.93. The van der Waals surface area contributed by atoms with Crippen LogP contribution in [0.25, 0.3) is 0 Å². The number of fused-ring (bicyclic) bond motifs is 1. The molecule has 2 aromatic carbocycles.